The molecule has 0 radical (unpaired) electrons. The van der Waals surface area contributed by atoms with Gasteiger partial charge in [-0.1, -0.05) is 12.1 Å². The standard InChI is InChI=1S/C10H18N4O2/c1-4-7(2)14-8(5-6-16-3)9(10(11)15)12-13-14/h7H,4-6H2,1-3H3,(H2,11,15). The fourth-order valence-corrected chi connectivity index (χ4v) is 1.46. The molecule has 1 aromatic heterocycles. The van der Waals surface area contributed by atoms with Crippen LogP contribution in [0, 0.1) is 0 Å². The van der Waals surface area contributed by atoms with Gasteiger partial charge in [-0.15, -0.1) is 5.10 Å². The molecule has 0 saturated carbocycles. The first kappa shape index (κ1) is 12.6. The molecule has 1 aromatic rings. The Labute approximate surface area is 94.8 Å². The van der Waals surface area contributed by atoms with Gasteiger partial charge in [0.2, 0.25) is 0 Å². The largest absolute Gasteiger partial charge is 0.384 e. The summed E-state index contributed by atoms with van der Waals surface area (Å²) in [6.45, 7) is 4.59. The molecule has 0 bridgehead atoms. The molecular formula is C10H18N4O2. The summed E-state index contributed by atoms with van der Waals surface area (Å²) in [5.41, 5.74) is 6.25. The van der Waals surface area contributed by atoms with E-state index in [1.807, 2.05) is 6.92 Å². The topological polar surface area (TPSA) is 83.0 Å². The zero-order valence-electron chi connectivity index (χ0n) is 9.93. The first-order valence-corrected chi connectivity index (χ1v) is 5.34. The Hall–Kier alpha value is -1.43. The highest BCUT2D eigenvalue weighted by molar-refractivity contribution is 5.91. The van der Waals surface area contributed by atoms with E-state index < -0.39 is 5.91 Å². The molecule has 6 nitrogen and oxygen atoms in total. The number of nitrogens with two attached hydrogens (primary N) is 1. The minimum Gasteiger partial charge on any atom is -0.384 e. The predicted octanol–water partition coefficient (Wildman–Crippen LogP) is 0.537. The molecule has 1 amide bonds. The predicted molar refractivity (Wildman–Crippen MR) is 59.1 cm³/mol. The van der Waals surface area contributed by atoms with Gasteiger partial charge in [-0.25, -0.2) is 4.68 Å². The molecule has 16 heavy (non-hydrogen) atoms. The highest BCUT2D eigenvalue weighted by Gasteiger charge is 2.19. The van der Waals surface area contributed by atoms with Gasteiger partial charge in [0.25, 0.3) is 5.91 Å². The molecule has 0 fully saturated rings. The van der Waals surface area contributed by atoms with E-state index in [0.29, 0.717) is 13.0 Å². The maximum atomic E-state index is 11.2. The molecule has 0 aliphatic heterocycles. The second kappa shape index (κ2) is 5.60. The van der Waals surface area contributed by atoms with E-state index >= 15 is 0 Å². The Balaban J connectivity index is 3.03. The van der Waals surface area contributed by atoms with Gasteiger partial charge in [-0.05, 0) is 13.3 Å². The number of hydrogen-bond donors (Lipinski definition) is 1. The Morgan fingerprint density at radius 1 is 1.62 bits per heavy atom. The quantitative estimate of drug-likeness (QED) is 0.767. The highest BCUT2D eigenvalue weighted by Crippen LogP contribution is 2.15. The van der Waals surface area contributed by atoms with E-state index in [4.69, 9.17) is 10.5 Å². The van der Waals surface area contributed by atoms with Gasteiger partial charge in [0.1, 0.15) is 0 Å². The van der Waals surface area contributed by atoms with Gasteiger partial charge < -0.3 is 10.5 Å². The van der Waals surface area contributed by atoms with Crippen molar-refractivity contribution >= 4 is 5.91 Å². The zero-order valence-corrected chi connectivity index (χ0v) is 9.93. The summed E-state index contributed by atoms with van der Waals surface area (Å²) in [5.74, 6) is -0.541. The van der Waals surface area contributed by atoms with Crippen molar-refractivity contribution in [3.05, 3.63) is 11.4 Å². The lowest BCUT2D eigenvalue weighted by molar-refractivity contribution is 0.0994. The zero-order chi connectivity index (χ0) is 12.1. The molecule has 0 saturated heterocycles. The van der Waals surface area contributed by atoms with Crippen LogP contribution in [-0.4, -0.2) is 34.6 Å². The summed E-state index contributed by atoms with van der Waals surface area (Å²) in [5, 5.41) is 7.79. The van der Waals surface area contributed by atoms with Gasteiger partial charge in [-0.2, -0.15) is 0 Å². The number of rotatable bonds is 6. The summed E-state index contributed by atoms with van der Waals surface area (Å²) in [6.07, 6.45) is 1.51. The second-order valence-corrected chi connectivity index (χ2v) is 3.69. The van der Waals surface area contributed by atoms with Crippen LogP contribution >= 0.6 is 0 Å². The third-order valence-electron chi connectivity index (χ3n) is 2.58. The fraction of sp³-hybridized carbons (Fsp3) is 0.700. The third kappa shape index (κ3) is 2.57. The average Bonchev–Trinajstić information content (AvgIpc) is 2.68. The van der Waals surface area contributed by atoms with E-state index in [2.05, 4.69) is 17.2 Å². The molecular weight excluding hydrogens is 208 g/mol. The number of primary amides is 1. The maximum Gasteiger partial charge on any atom is 0.271 e. The average molecular weight is 226 g/mol. The Bertz CT molecular complexity index is 362. The molecule has 1 unspecified atom stereocenters. The number of hydrogen-bond acceptors (Lipinski definition) is 4. The highest BCUT2D eigenvalue weighted by atomic mass is 16.5. The summed E-state index contributed by atoms with van der Waals surface area (Å²) >= 11 is 0. The molecule has 0 aliphatic carbocycles. The molecule has 1 atom stereocenters. The molecule has 1 heterocycles. The van der Waals surface area contributed by atoms with Gasteiger partial charge in [0.15, 0.2) is 5.69 Å². The lowest BCUT2D eigenvalue weighted by atomic mass is 10.2. The van der Waals surface area contributed by atoms with Crippen LogP contribution in [0.4, 0.5) is 0 Å². The Morgan fingerprint density at radius 2 is 2.31 bits per heavy atom. The van der Waals surface area contributed by atoms with Crippen LogP contribution in [0.1, 0.15) is 42.5 Å². The van der Waals surface area contributed by atoms with Gasteiger partial charge in [0, 0.05) is 13.5 Å². The lowest BCUT2D eigenvalue weighted by Crippen LogP contribution is -2.17. The normalized spacial score (nSPS) is 12.7. The first-order chi connectivity index (χ1) is 7.61. The van der Waals surface area contributed by atoms with Crippen LogP contribution in [0.2, 0.25) is 0 Å². The van der Waals surface area contributed by atoms with Crippen molar-refractivity contribution in [2.75, 3.05) is 13.7 Å². The minimum atomic E-state index is -0.541. The van der Waals surface area contributed by atoms with E-state index in [-0.39, 0.29) is 11.7 Å². The van der Waals surface area contributed by atoms with Crippen LogP contribution < -0.4 is 5.73 Å². The number of carbonyl (C=O) groups is 1. The van der Waals surface area contributed by atoms with Crippen LogP contribution in [0.5, 0.6) is 0 Å². The molecule has 0 spiro atoms. The van der Waals surface area contributed by atoms with Crippen molar-refractivity contribution in [3.63, 3.8) is 0 Å². The molecule has 1 rings (SSSR count). The van der Waals surface area contributed by atoms with E-state index in [1.165, 1.54) is 0 Å². The van der Waals surface area contributed by atoms with Crippen molar-refractivity contribution in [2.24, 2.45) is 5.73 Å². The number of nitrogens with zero attached hydrogens (tertiary/aromatic N) is 3. The van der Waals surface area contributed by atoms with Crippen LogP contribution in [0.15, 0.2) is 0 Å². The molecule has 6 heteroatoms. The van der Waals surface area contributed by atoms with Crippen LogP contribution in [0.3, 0.4) is 0 Å². The van der Waals surface area contributed by atoms with Gasteiger partial charge in [0.05, 0.1) is 18.3 Å². The number of methoxy groups -OCH3 is 1. The minimum absolute atomic E-state index is 0.201. The smallest absolute Gasteiger partial charge is 0.271 e. The number of aromatic nitrogens is 3. The molecule has 0 aliphatic rings. The van der Waals surface area contributed by atoms with Crippen LogP contribution in [0.25, 0.3) is 0 Å². The van der Waals surface area contributed by atoms with E-state index in [1.54, 1.807) is 11.8 Å². The molecule has 0 aromatic carbocycles. The van der Waals surface area contributed by atoms with Crippen molar-refractivity contribution in [1.29, 1.82) is 0 Å². The second-order valence-electron chi connectivity index (χ2n) is 3.69. The van der Waals surface area contributed by atoms with Gasteiger partial charge in [-0.3, -0.25) is 4.79 Å². The first-order valence-electron chi connectivity index (χ1n) is 5.34. The van der Waals surface area contributed by atoms with Crippen molar-refractivity contribution < 1.29 is 9.53 Å². The Kier molecular flexibility index (Phi) is 4.42. The third-order valence-corrected chi connectivity index (χ3v) is 2.58. The summed E-state index contributed by atoms with van der Waals surface area (Å²) in [6, 6.07) is 0.201. The fourth-order valence-electron chi connectivity index (χ4n) is 1.46. The summed E-state index contributed by atoms with van der Waals surface area (Å²) in [4.78, 5) is 11.2. The maximum absolute atomic E-state index is 11.2. The van der Waals surface area contributed by atoms with Crippen molar-refractivity contribution in [1.82, 2.24) is 15.0 Å². The number of amides is 1. The SMILES string of the molecule is CCC(C)n1nnc(C(N)=O)c1CCOC. The summed E-state index contributed by atoms with van der Waals surface area (Å²) < 4.78 is 6.75. The lowest BCUT2D eigenvalue weighted by Gasteiger charge is -2.12. The van der Waals surface area contributed by atoms with E-state index in [9.17, 15) is 4.79 Å². The van der Waals surface area contributed by atoms with E-state index in [0.717, 1.165) is 12.1 Å². The van der Waals surface area contributed by atoms with Crippen LogP contribution in [-0.2, 0) is 11.2 Å². The summed E-state index contributed by atoms with van der Waals surface area (Å²) in [7, 11) is 1.61. The number of carbonyl (C=O) groups excluding carboxylic acids is 1. The van der Waals surface area contributed by atoms with Crippen molar-refractivity contribution in [2.45, 2.75) is 32.7 Å². The monoisotopic (exact) mass is 226 g/mol. The van der Waals surface area contributed by atoms with Gasteiger partial charge >= 0.3 is 0 Å². The molecule has 90 valence electrons. The van der Waals surface area contributed by atoms with Crippen molar-refractivity contribution in [3.8, 4) is 0 Å². The Morgan fingerprint density at radius 3 is 2.81 bits per heavy atom. The number of ether oxygens (including phenoxy) is 1. The molecule has 2 N–H and O–H groups in total.